The molecule has 2 rings (SSSR count). The molecule has 0 radical (unpaired) electrons. The molecule has 0 saturated heterocycles. The molecule has 21 heavy (non-hydrogen) atoms. The Morgan fingerprint density at radius 1 is 0.619 bits per heavy atom. The number of hydrogen-bond donors (Lipinski definition) is 0. The second kappa shape index (κ2) is 6.05. The van der Waals surface area contributed by atoms with Crippen LogP contribution in [0.2, 0.25) is 0 Å². The molecule has 0 nitrogen and oxygen atoms in total. The van der Waals surface area contributed by atoms with E-state index in [9.17, 15) is 0 Å². The molecule has 1 unspecified atom stereocenters. The van der Waals surface area contributed by atoms with Gasteiger partial charge in [-0.25, -0.2) is 0 Å². The van der Waals surface area contributed by atoms with Crippen molar-refractivity contribution in [2.24, 2.45) is 0 Å². The normalized spacial score (nSPS) is 12.5. The zero-order chi connectivity index (χ0) is 15.7. The summed E-state index contributed by atoms with van der Waals surface area (Å²) in [7, 11) is 0. The number of hydrogen-bond acceptors (Lipinski definition) is 0. The molecular formula is C21H28. The third-order valence-corrected chi connectivity index (χ3v) is 4.89. The maximum Gasteiger partial charge on any atom is -0.0147 e. The summed E-state index contributed by atoms with van der Waals surface area (Å²) in [6.45, 7) is 15.7. The first-order valence-electron chi connectivity index (χ1n) is 7.94. The monoisotopic (exact) mass is 280 g/mol. The lowest BCUT2D eigenvalue weighted by Crippen LogP contribution is -2.04. The number of aryl methyl sites for hydroxylation is 6. The second-order valence-electron chi connectivity index (χ2n) is 6.76. The minimum atomic E-state index is 0.560. The molecule has 0 spiro atoms. The van der Waals surface area contributed by atoms with Crippen LogP contribution in [0.5, 0.6) is 0 Å². The van der Waals surface area contributed by atoms with Gasteiger partial charge < -0.3 is 0 Å². The van der Waals surface area contributed by atoms with Crippen molar-refractivity contribution in [1.82, 2.24) is 0 Å². The summed E-state index contributed by atoms with van der Waals surface area (Å²) < 4.78 is 0. The Hall–Kier alpha value is -1.56. The van der Waals surface area contributed by atoms with Crippen LogP contribution in [-0.4, -0.2) is 0 Å². The summed E-state index contributed by atoms with van der Waals surface area (Å²) in [6, 6.07) is 9.41. The van der Waals surface area contributed by atoms with Gasteiger partial charge in [0.2, 0.25) is 0 Å². The van der Waals surface area contributed by atoms with Crippen LogP contribution < -0.4 is 0 Å². The molecule has 0 aromatic heterocycles. The molecule has 0 heterocycles. The van der Waals surface area contributed by atoms with E-state index in [0.29, 0.717) is 5.92 Å². The molecule has 1 atom stereocenters. The molecular weight excluding hydrogens is 252 g/mol. The minimum Gasteiger partial charge on any atom is -0.0581 e. The van der Waals surface area contributed by atoms with Crippen molar-refractivity contribution < 1.29 is 0 Å². The zero-order valence-corrected chi connectivity index (χ0v) is 14.6. The summed E-state index contributed by atoms with van der Waals surface area (Å²) in [4.78, 5) is 0. The first-order valence-corrected chi connectivity index (χ1v) is 7.94. The van der Waals surface area contributed by atoms with Crippen LogP contribution in [0.3, 0.4) is 0 Å². The van der Waals surface area contributed by atoms with E-state index in [1.807, 2.05) is 0 Å². The van der Waals surface area contributed by atoms with E-state index >= 15 is 0 Å². The van der Waals surface area contributed by atoms with E-state index < -0.39 is 0 Å². The summed E-state index contributed by atoms with van der Waals surface area (Å²) in [6.07, 6.45) is 1.12. The highest BCUT2D eigenvalue weighted by molar-refractivity contribution is 5.41. The fraction of sp³-hybridized carbons (Fsp3) is 0.429. The van der Waals surface area contributed by atoms with Crippen molar-refractivity contribution >= 4 is 0 Å². The largest absolute Gasteiger partial charge is 0.0581 e. The van der Waals surface area contributed by atoms with E-state index in [-0.39, 0.29) is 0 Å². The van der Waals surface area contributed by atoms with Gasteiger partial charge in [0.1, 0.15) is 0 Å². The highest BCUT2D eigenvalue weighted by Crippen LogP contribution is 2.28. The molecule has 0 aliphatic carbocycles. The van der Waals surface area contributed by atoms with Crippen molar-refractivity contribution in [1.29, 1.82) is 0 Å². The molecule has 0 aliphatic rings. The fourth-order valence-corrected chi connectivity index (χ4v) is 3.19. The Balaban J connectivity index is 2.32. The Bertz CT molecular complexity index is 662. The fourth-order valence-electron chi connectivity index (χ4n) is 3.19. The van der Waals surface area contributed by atoms with Crippen molar-refractivity contribution in [2.45, 2.75) is 60.8 Å². The number of rotatable bonds is 3. The Morgan fingerprint density at radius 3 is 1.71 bits per heavy atom. The maximum absolute atomic E-state index is 2.38. The standard InChI is InChI=1S/C21H28/c1-13-8-17(5)20(10-15(13)3)11-19(7)21-12-16(4)14(2)9-18(21)6/h8-10,12,19H,11H2,1-7H3. The molecule has 0 heteroatoms. The van der Waals surface area contributed by atoms with Gasteiger partial charge in [0.05, 0.1) is 0 Å². The third kappa shape index (κ3) is 3.37. The van der Waals surface area contributed by atoms with Crippen LogP contribution in [0.1, 0.15) is 57.3 Å². The lowest BCUT2D eigenvalue weighted by atomic mass is 9.86. The molecule has 0 fully saturated rings. The Morgan fingerprint density at radius 2 is 1.10 bits per heavy atom. The number of benzene rings is 2. The molecule has 0 bridgehead atoms. The average Bonchev–Trinajstić information content (AvgIpc) is 2.40. The predicted molar refractivity (Wildman–Crippen MR) is 93.4 cm³/mol. The average molecular weight is 280 g/mol. The molecule has 112 valence electrons. The van der Waals surface area contributed by atoms with Crippen LogP contribution in [0.25, 0.3) is 0 Å². The van der Waals surface area contributed by atoms with Gasteiger partial charge in [0, 0.05) is 0 Å². The van der Waals surface area contributed by atoms with Gasteiger partial charge in [-0.2, -0.15) is 0 Å². The topological polar surface area (TPSA) is 0 Å². The van der Waals surface area contributed by atoms with Gasteiger partial charge in [-0.1, -0.05) is 31.2 Å². The highest BCUT2D eigenvalue weighted by Gasteiger charge is 2.13. The molecule has 2 aromatic carbocycles. The third-order valence-electron chi connectivity index (χ3n) is 4.89. The van der Waals surface area contributed by atoms with Crippen LogP contribution in [0.15, 0.2) is 24.3 Å². The lowest BCUT2D eigenvalue weighted by molar-refractivity contribution is 0.747. The van der Waals surface area contributed by atoms with Crippen molar-refractivity contribution in [3.8, 4) is 0 Å². The van der Waals surface area contributed by atoms with Gasteiger partial charge in [-0.15, -0.1) is 0 Å². The van der Waals surface area contributed by atoms with Gasteiger partial charge in [0.15, 0.2) is 0 Å². The van der Waals surface area contributed by atoms with Crippen molar-refractivity contribution in [2.75, 3.05) is 0 Å². The Labute approximate surface area is 130 Å². The molecule has 0 amide bonds. The van der Waals surface area contributed by atoms with Gasteiger partial charge >= 0.3 is 0 Å². The minimum absolute atomic E-state index is 0.560. The molecule has 2 aromatic rings. The summed E-state index contributed by atoms with van der Waals surface area (Å²) in [5.41, 5.74) is 11.4. The SMILES string of the molecule is Cc1cc(C)c(CC(C)c2cc(C)c(C)cc2C)cc1C. The van der Waals surface area contributed by atoms with Gasteiger partial charge in [-0.05, 0) is 98.4 Å². The van der Waals surface area contributed by atoms with Crippen molar-refractivity contribution in [3.05, 3.63) is 68.8 Å². The lowest BCUT2D eigenvalue weighted by Gasteiger charge is -2.19. The summed E-state index contributed by atoms with van der Waals surface area (Å²) >= 11 is 0. The van der Waals surface area contributed by atoms with Gasteiger partial charge in [0.25, 0.3) is 0 Å². The van der Waals surface area contributed by atoms with E-state index in [0.717, 1.165) is 6.42 Å². The quantitative estimate of drug-likeness (QED) is 0.658. The predicted octanol–water partition coefficient (Wildman–Crippen LogP) is 5.88. The van der Waals surface area contributed by atoms with Gasteiger partial charge in [-0.3, -0.25) is 0 Å². The van der Waals surface area contributed by atoms with E-state index in [1.54, 1.807) is 0 Å². The maximum atomic E-state index is 2.38. The summed E-state index contributed by atoms with van der Waals surface area (Å²) in [5.74, 6) is 0.560. The van der Waals surface area contributed by atoms with Crippen LogP contribution >= 0.6 is 0 Å². The van der Waals surface area contributed by atoms with Crippen LogP contribution in [-0.2, 0) is 6.42 Å². The van der Waals surface area contributed by atoms with E-state index in [1.165, 1.54) is 44.5 Å². The first kappa shape index (κ1) is 15.8. The molecule has 0 N–H and O–H groups in total. The van der Waals surface area contributed by atoms with Crippen LogP contribution in [0, 0.1) is 41.5 Å². The first-order chi connectivity index (χ1) is 9.79. The Kier molecular flexibility index (Phi) is 4.56. The van der Waals surface area contributed by atoms with Crippen molar-refractivity contribution in [3.63, 3.8) is 0 Å². The smallest absolute Gasteiger partial charge is 0.0147 e. The molecule has 0 saturated carbocycles. The second-order valence-corrected chi connectivity index (χ2v) is 6.76. The zero-order valence-electron chi connectivity index (χ0n) is 14.6. The van der Waals surface area contributed by atoms with E-state index in [4.69, 9.17) is 0 Å². The highest BCUT2D eigenvalue weighted by atomic mass is 14.2. The molecule has 0 aliphatic heterocycles. The summed E-state index contributed by atoms with van der Waals surface area (Å²) in [5, 5.41) is 0. The van der Waals surface area contributed by atoms with E-state index in [2.05, 4.69) is 72.7 Å². The van der Waals surface area contributed by atoms with Crippen LogP contribution in [0.4, 0.5) is 0 Å².